The van der Waals surface area contributed by atoms with Gasteiger partial charge in [0.15, 0.2) is 0 Å². The normalized spacial score (nSPS) is 23.2. The second-order valence-corrected chi connectivity index (χ2v) is 4.24. The fourth-order valence-electron chi connectivity index (χ4n) is 1.99. The Morgan fingerprint density at radius 3 is 2.93 bits per heavy atom. The predicted molar refractivity (Wildman–Crippen MR) is 62.7 cm³/mol. The lowest BCUT2D eigenvalue weighted by molar-refractivity contribution is -0.128. The molecule has 0 spiro atoms. The number of nitrogens with one attached hydrogen (secondary N) is 1. The molecule has 0 bridgehead atoms. The van der Waals surface area contributed by atoms with E-state index in [4.69, 9.17) is 0 Å². The minimum absolute atomic E-state index is 0.0461. The molecular weight excluding hydrogens is 188 g/mol. The first-order valence-electron chi connectivity index (χ1n) is 5.81. The first kappa shape index (κ1) is 12.2. The number of nitrogens with zero attached hydrogens (tertiary/aromatic N) is 1. The summed E-state index contributed by atoms with van der Waals surface area (Å²) in [5.41, 5.74) is 0. The van der Waals surface area contributed by atoms with Crippen LogP contribution in [0.3, 0.4) is 0 Å². The first-order valence-corrected chi connectivity index (χ1v) is 5.81. The molecule has 1 fully saturated rings. The molecular formula is C12H22N2O. The van der Waals surface area contributed by atoms with Crippen LogP contribution >= 0.6 is 0 Å². The van der Waals surface area contributed by atoms with E-state index in [0.717, 1.165) is 32.2 Å². The molecule has 3 heteroatoms. The number of likely N-dealkylation sites (tertiary alicyclic amines) is 1. The fourth-order valence-corrected chi connectivity index (χ4v) is 1.99. The van der Waals surface area contributed by atoms with Gasteiger partial charge in [-0.15, -0.1) is 6.58 Å². The molecule has 0 saturated carbocycles. The third kappa shape index (κ3) is 3.34. The standard InChI is InChI=1S/C12H22N2O/c1-4-6-7-10(5-2)13-11-8-9-14(3)12(11)15/h4,10-11,13H,1,5-9H2,2-3H3. The monoisotopic (exact) mass is 210 g/mol. The van der Waals surface area contributed by atoms with Crippen LogP contribution in [-0.4, -0.2) is 36.5 Å². The number of rotatable bonds is 6. The zero-order valence-electron chi connectivity index (χ0n) is 9.83. The van der Waals surface area contributed by atoms with Crippen molar-refractivity contribution in [2.75, 3.05) is 13.6 Å². The molecule has 0 aliphatic carbocycles. The molecule has 15 heavy (non-hydrogen) atoms. The van der Waals surface area contributed by atoms with Gasteiger partial charge in [-0.05, 0) is 25.7 Å². The van der Waals surface area contributed by atoms with Gasteiger partial charge < -0.3 is 10.2 Å². The third-order valence-corrected chi connectivity index (χ3v) is 3.08. The van der Waals surface area contributed by atoms with Crippen LogP contribution < -0.4 is 5.32 Å². The lowest BCUT2D eigenvalue weighted by Crippen LogP contribution is -2.42. The molecule has 0 aromatic heterocycles. The highest BCUT2D eigenvalue weighted by molar-refractivity contribution is 5.83. The third-order valence-electron chi connectivity index (χ3n) is 3.08. The van der Waals surface area contributed by atoms with E-state index in [1.807, 2.05) is 13.1 Å². The highest BCUT2D eigenvalue weighted by Gasteiger charge is 2.29. The van der Waals surface area contributed by atoms with Gasteiger partial charge in [0.2, 0.25) is 5.91 Å². The van der Waals surface area contributed by atoms with E-state index in [0.29, 0.717) is 6.04 Å². The van der Waals surface area contributed by atoms with Crippen molar-refractivity contribution in [3.63, 3.8) is 0 Å². The van der Waals surface area contributed by atoms with Gasteiger partial charge >= 0.3 is 0 Å². The van der Waals surface area contributed by atoms with Crippen LogP contribution in [0.15, 0.2) is 12.7 Å². The molecule has 3 nitrogen and oxygen atoms in total. The van der Waals surface area contributed by atoms with Gasteiger partial charge in [0.05, 0.1) is 6.04 Å². The van der Waals surface area contributed by atoms with Gasteiger partial charge in [0.1, 0.15) is 0 Å². The maximum Gasteiger partial charge on any atom is 0.239 e. The molecule has 1 aliphatic rings. The summed E-state index contributed by atoms with van der Waals surface area (Å²) in [6, 6.07) is 0.494. The van der Waals surface area contributed by atoms with E-state index in [1.54, 1.807) is 4.90 Å². The maximum atomic E-state index is 11.7. The zero-order valence-corrected chi connectivity index (χ0v) is 9.83. The van der Waals surface area contributed by atoms with E-state index in [-0.39, 0.29) is 11.9 Å². The Kier molecular flexibility index (Phi) is 4.82. The molecule has 1 rings (SSSR count). The highest BCUT2D eigenvalue weighted by atomic mass is 16.2. The number of hydrogen-bond acceptors (Lipinski definition) is 2. The van der Waals surface area contributed by atoms with Crippen molar-refractivity contribution in [2.24, 2.45) is 0 Å². The topological polar surface area (TPSA) is 32.3 Å². The molecule has 1 amide bonds. The lowest BCUT2D eigenvalue weighted by Gasteiger charge is -2.20. The molecule has 0 aromatic rings. The van der Waals surface area contributed by atoms with E-state index in [9.17, 15) is 4.79 Å². The Balaban J connectivity index is 2.38. The van der Waals surface area contributed by atoms with Crippen LogP contribution in [0.1, 0.15) is 32.6 Å². The van der Waals surface area contributed by atoms with E-state index in [1.165, 1.54) is 0 Å². The molecule has 2 unspecified atom stereocenters. The van der Waals surface area contributed by atoms with Gasteiger partial charge in [-0.1, -0.05) is 13.0 Å². The summed E-state index contributed by atoms with van der Waals surface area (Å²) in [5, 5.41) is 3.44. The van der Waals surface area contributed by atoms with Crippen molar-refractivity contribution in [3.8, 4) is 0 Å². The van der Waals surface area contributed by atoms with Gasteiger partial charge in [-0.2, -0.15) is 0 Å². The van der Waals surface area contributed by atoms with Crippen LogP contribution in [0.4, 0.5) is 0 Å². The van der Waals surface area contributed by atoms with Crippen molar-refractivity contribution < 1.29 is 4.79 Å². The van der Waals surface area contributed by atoms with Crippen molar-refractivity contribution in [2.45, 2.75) is 44.7 Å². The highest BCUT2D eigenvalue weighted by Crippen LogP contribution is 2.12. The summed E-state index contributed by atoms with van der Waals surface area (Å²) < 4.78 is 0. The Labute approximate surface area is 92.5 Å². The Bertz CT molecular complexity index is 228. The number of carbonyl (C=O) groups is 1. The SMILES string of the molecule is C=CCCC(CC)NC1CCN(C)C1=O. The minimum Gasteiger partial charge on any atom is -0.344 e. The van der Waals surface area contributed by atoms with E-state index in [2.05, 4.69) is 18.8 Å². The molecule has 1 N–H and O–H groups in total. The smallest absolute Gasteiger partial charge is 0.239 e. The number of allylic oxidation sites excluding steroid dienone is 1. The van der Waals surface area contributed by atoms with Gasteiger partial charge in [0, 0.05) is 19.6 Å². The summed E-state index contributed by atoms with van der Waals surface area (Å²) in [7, 11) is 1.87. The van der Waals surface area contributed by atoms with Crippen molar-refractivity contribution in [1.29, 1.82) is 0 Å². The summed E-state index contributed by atoms with van der Waals surface area (Å²) in [4.78, 5) is 13.5. The molecule has 2 atom stereocenters. The number of likely N-dealkylation sites (N-methyl/N-ethyl adjacent to an activating group) is 1. The van der Waals surface area contributed by atoms with Crippen molar-refractivity contribution in [3.05, 3.63) is 12.7 Å². The average molecular weight is 210 g/mol. The van der Waals surface area contributed by atoms with E-state index >= 15 is 0 Å². The molecule has 0 radical (unpaired) electrons. The van der Waals surface area contributed by atoms with Crippen LogP contribution in [0, 0.1) is 0 Å². The molecule has 86 valence electrons. The predicted octanol–water partition coefficient (Wildman–Crippen LogP) is 1.55. The van der Waals surface area contributed by atoms with Crippen LogP contribution in [0.5, 0.6) is 0 Å². The summed E-state index contributed by atoms with van der Waals surface area (Å²) >= 11 is 0. The molecule has 1 heterocycles. The van der Waals surface area contributed by atoms with Crippen LogP contribution in [0.25, 0.3) is 0 Å². The van der Waals surface area contributed by atoms with Crippen LogP contribution in [-0.2, 0) is 4.79 Å². The fraction of sp³-hybridized carbons (Fsp3) is 0.750. The zero-order chi connectivity index (χ0) is 11.3. The summed E-state index contributed by atoms with van der Waals surface area (Å²) in [6.07, 6.45) is 6.05. The van der Waals surface area contributed by atoms with Gasteiger partial charge in [-0.25, -0.2) is 0 Å². The van der Waals surface area contributed by atoms with Crippen molar-refractivity contribution in [1.82, 2.24) is 10.2 Å². The number of carbonyl (C=O) groups excluding carboxylic acids is 1. The largest absolute Gasteiger partial charge is 0.344 e. The quantitative estimate of drug-likeness (QED) is 0.675. The van der Waals surface area contributed by atoms with Gasteiger partial charge in [-0.3, -0.25) is 4.79 Å². The Morgan fingerprint density at radius 2 is 2.47 bits per heavy atom. The molecule has 1 saturated heterocycles. The first-order chi connectivity index (χ1) is 7.19. The minimum atomic E-state index is 0.0461. The second kappa shape index (κ2) is 5.91. The van der Waals surface area contributed by atoms with E-state index < -0.39 is 0 Å². The summed E-state index contributed by atoms with van der Waals surface area (Å²) in [6.45, 7) is 6.76. The van der Waals surface area contributed by atoms with Gasteiger partial charge in [0.25, 0.3) is 0 Å². The van der Waals surface area contributed by atoms with Crippen LogP contribution in [0.2, 0.25) is 0 Å². The second-order valence-electron chi connectivity index (χ2n) is 4.24. The molecule has 0 aromatic carbocycles. The molecule has 1 aliphatic heterocycles. The van der Waals surface area contributed by atoms with Crippen molar-refractivity contribution >= 4 is 5.91 Å². The average Bonchev–Trinajstić information content (AvgIpc) is 2.55. The summed E-state index contributed by atoms with van der Waals surface area (Å²) in [5.74, 6) is 0.243. The number of amides is 1. The number of hydrogen-bond donors (Lipinski definition) is 1. The maximum absolute atomic E-state index is 11.7. The Morgan fingerprint density at radius 1 is 1.73 bits per heavy atom. The Hall–Kier alpha value is -0.830. The lowest BCUT2D eigenvalue weighted by atomic mass is 10.1.